The van der Waals surface area contributed by atoms with Crippen LogP contribution in [0.1, 0.15) is 27.2 Å². The van der Waals surface area contributed by atoms with E-state index in [-0.39, 0.29) is 13.0 Å². The minimum atomic E-state index is -4.45. The molecule has 0 saturated carbocycles. The van der Waals surface area contributed by atoms with E-state index in [0.717, 1.165) is 0 Å². The molecule has 0 aromatic carbocycles. The zero-order valence-corrected chi connectivity index (χ0v) is 10.5. The van der Waals surface area contributed by atoms with Gasteiger partial charge in [0.25, 0.3) is 0 Å². The van der Waals surface area contributed by atoms with Crippen molar-refractivity contribution >= 4 is 11.9 Å². The first kappa shape index (κ1) is 14.8. The number of likely N-dealkylation sites (tertiary alicyclic amines) is 1. The summed E-state index contributed by atoms with van der Waals surface area (Å²) in [6.45, 7) is 3.44. The second-order valence-electron chi connectivity index (χ2n) is 5.32. The van der Waals surface area contributed by atoms with Crippen molar-refractivity contribution in [2.24, 2.45) is 5.92 Å². The third-order valence-electron chi connectivity index (χ3n) is 2.32. The monoisotopic (exact) mass is 267 g/mol. The maximum Gasteiger partial charge on any atom is 0.406 e. The molecule has 1 atom stereocenters. The van der Waals surface area contributed by atoms with Crippen molar-refractivity contribution in [3.05, 3.63) is 0 Å². The molecule has 0 spiro atoms. The van der Waals surface area contributed by atoms with Gasteiger partial charge in [0.1, 0.15) is 12.1 Å². The van der Waals surface area contributed by atoms with Crippen LogP contribution in [0.5, 0.6) is 0 Å². The predicted molar refractivity (Wildman–Crippen MR) is 56.6 cm³/mol. The number of nitrogens with zero attached hydrogens (tertiary/aromatic N) is 1. The fourth-order valence-electron chi connectivity index (χ4n) is 1.68. The van der Waals surface area contributed by atoms with Crippen LogP contribution in [0.15, 0.2) is 0 Å². The van der Waals surface area contributed by atoms with Gasteiger partial charge >= 0.3 is 12.1 Å². The van der Waals surface area contributed by atoms with Crippen molar-refractivity contribution in [1.29, 1.82) is 0 Å². The van der Waals surface area contributed by atoms with Gasteiger partial charge in [-0.1, -0.05) is 0 Å². The SMILES string of the molecule is CC(C)(C)OC(=O)C1CC(=O)N(CC(F)(F)F)C1. The minimum Gasteiger partial charge on any atom is -0.460 e. The summed E-state index contributed by atoms with van der Waals surface area (Å²) in [6, 6.07) is 0. The molecule has 1 heterocycles. The van der Waals surface area contributed by atoms with Crippen LogP contribution in [0, 0.1) is 5.92 Å². The zero-order chi connectivity index (χ0) is 14.1. The van der Waals surface area contributed by atoms with E-state index >= 15 is 0 Å². The van der Waals surface area contributed by atoms with Crippen molar-refractivity contribution in [1.82, 2.24) is 4.90 Å². The number of rotatable bonds is 2. The zero-order valence-electron chi connectivity index (χ0n) is 10.5. The van der Waals surface area contributed by atoms with Gasteiger partial charge in [-0.05, 0) is 20.8 Å². The standard InChI is InChI=1S/C11H16F3NO3/c1-10(2,3)18-9(17)7-4-8(16)15(5-7)6-11(12,13)14/h7H,4-6H2,1-3H3. The molecule has 1 unspecified atom stereocenters. The molecule has 1 saturated heterocycles. The van der Waals surface area contributed by atoms with E-state index in [9.17, 15) is 22.8 Å². The number of halogens is 3. The lowest BCUT2D eigenvalue weighted by Gasteiger charge is -2.22. The topological polar surface area (TPSA) is 46.6 Å². The Balaban J connectivity index is 2.59. The lowest BCUT2D eigenvalue weighted by Crippen LogP contribution is -2.36. The third kappa shape index (κ3) is 4.54. The van der Waals surface area contributed by atoms with Crippen molar-refractivity contribution in [3.8, 4) is 0 Å². The molecule has 0 bridgehead atoms. The molecule has 1 aliphatic rings. The number of hydrogen-bond acceptors (Lipinski definition) is 3. The fourth-order valence-corrected chi connectivity index (χ4v) is 1.68. The number of amides is 1. The Bertz CT molecular complexity index is 346. The minimum absolute atomic E-state index is 0.217. The van der Waals surface area contributed by atoms with E-state index in [1.807, 2.05) is 0 Å². The highest BCUT2D eigenvalue weighted by Gasteiger charge is 2.41. The number of ether oxygens (including phenoxy) is 1. The summed E-state index contributed by atoms with van der Waals surface area (Å²) in [7, 11) is 0. The Kier molecular flexibility index (Phi) is 3.92. The van der Waals surface area contributed by atoms with Crippen LogP contribution in [0.25, 0.3) is 0 Å². The van der Waals surface area contributed by atoms with Crippen LogP contribution >= 0.6 is 0 Å². The largest absolute Gasteiger partial charge is 0.460 e. The first-order valence-corrected chi connectivity index (χ1v) is 5.55. The van der Waals surface area contributed by atoms with E-state index in [2.05, 4.69) is 0 Å². The van der Waals surface area contributed by atoms with Gasteiger partial charge in [0.15, 0.2) is 0 Å². The summed E-state index contributed by atoms with van der Waals surface area (Å²) in [5.41, 5.74) is -0.711. The van der Waals surface area contributed by atoms with Crippen LogP contribution in [-0.2, 0) is 14.3 Å². The number of carbonyl (C=O) groups is 2. The molecule has 0 aromatic heterocycles. The van der Waals surface area contributed by atoms with Gasteiger partial charge in [0.05, 0.1) is 5.92 Å². The van der Waals surface area contributed by atoms with E-state index in [1.54, 1.807) is 20.8 Å². The van der Waals surface area contributed by atoms with E-state index in [0.29, 0.717) is 4.90 Å². The van der Waals surface area contributed by atoms with Gasteiger partial charge in [-0.3, -0.25) is 9.59 Å². The third-order valence-corrected chi connectivity index (χ3v) is 2.32. The predicted octanol–water partition coefficient (Wildman–Crippen LogP) is 1.74. The van der Waals surface area contributed by atoms with Crippen molar-refractivity contribution < 1.29 is 27.5 Å². The fraction of sp³-hybridized carbons (Fsp3) is 0.818. The number of hydrogen-bond donors (Lipinski definition) is 0. The van der Waals surface area contributed by atoms with Crippen molar-refractivity contribution in [2.45, 2.75) is 39.0 Å². The molecular formula is C11H16F3NO3. The Morgan fingerprint density at radius 1 is 1.39 bits per heavy atom. The highest BCUT2D eigenvalue weighted by molar-refractivity contribution is 5.86. The van der Waals surface area contributed by atoms with Gasteiger partial charge in [-0.15, -0.1) is 0 Å². The van der Waals surface area contributed by atoms with E-state index in [1.165, 1.54) is 0 Å². The highest BCUT2D eigenvalue weighted by atomic mass is 19.4. The quantitative estimate of drug-likeness (QED) is 0.716. The average molecular weight is 267 g/mol. The Hall–Kier alpha value is -1.27. The van der Waals surface area contributed by atoms with Gasteiger partial charge in [-0.2, -0.15) is 13.2 Å². The Morgan fingerprint density at radius 2 is 1.94 bits per heavy atom. The second kappa shape index (κ2) is 4.78. The van der Waals surface area contributed by atoms with Crippen LogP contribution in [0.4, 0.5) is 13.2 Å². The summed E-state index contributed by atoms with van der Waals surface area (Å²) in [5.74, 6) is -2.09. The molecule has 0 radical (unpaired) electrons. The molecular weight excluding hydrogens is 251 g/mol. The molecule has 7 heteroatoms. The molecule has 18 heavy (non-hydrogen) atoms. The molecule has 0 aromatic rings. The van der Waals surface area contributed by atoms with Crippen LogP contribution in [0.3, 0.4) is 0 Å². The van der Waals surface area contributed by atoms with Crippen LogP contribution in [0.2, 0.25) is 0 Å². The maximum absolute atomic E-state index is 12.2. The first-order valence-electron chi connectivity index (χ1n) is 5.55. The molecule has 0 N–H and O–H groups in total. The molecule has 1 amide bonds. The molecule has 104 valence electrons. The lowest BCUT2D eigenvalue weighted by molar-refractivity contribution is -0.161. The van der Waals surface area contributed by atoms with Gasteiger partial charge in [-0.25, -0.2) is 0 Å². The molecule has 1 aliphatic heterocycles. The van der Waals surface area contributed by atoms with Gasteiger partial charge < -0.3 is 9.64 Å². The van der Waals surface area contributed by atoms with Crippen molar-refractivity contribution in [3.63, 3.8) is 0 Å². The summed E-state index contributed by atoms with van der Waals surface area (Å²) in [5, 5.41) is 0. The summed E-state index contributed by atoms with van der Waals surface area (Å²) < 4.78 is 41.6. The van der Waals surface area contributed by atoms with Crippen LogP contribution < -0.4 is 0 Å². The maximum atomic E-state index is 12.2. The highest BCUT2D eigenvalue weighted by Crippen LogP contribution is 2.25. The molecule has 4 nitrogen and oxygen atoms in total. The molecule has 1 rings (SSSR count). The van der Waals surface area contributed by atoms with E-state index in [4.69, 9.17) is 4.74 Å². The van der Waals surface area contributed by atoms with Crippen molar-refractivity contribution in [2.75, 3.05) is 13.1 Å². The lowest BCUT2D eigenvalue weighted by atomic mass is 10.1. The van der Waals surface area contributed by atoms with Gasteiger partial charge in [0, 0.05) is 13.0 Å². The Morgan fingerprint density at radius 3 is 2.39 bits per heavy atom. The van der Waals surface area contributed by atoms with Crippen LogP contribution in [-0.4, -0.2) is 41.6 Å². The average Bonchev–Trinajstić information content (AvgIpc) is 2.42. The number of alkyl halides is 3. The first-order chi connectivity index (χ1) is 7.98. The van der Waals surface area contributed by atoms with Gasteiger partial charge in [0.2, 0.25) is 5.91 Å². The smallest absolute Gasteiger partial charge is 0.406 e. The summed E-state index contributed by atoms with van der Waals surface area (Å²) >= 11 is 0. The second-order valence-corrected chi connectivity index (χ2v) is 5.32. The summed E-state index contributed by atoms with van der Waals surface area (Å²) in [6.07, 6.45) is -4.66. The molecule has 1 fully saturated rings. The normalized spacial score (nSPS) is 21.3. The number of esters is 1. The number of carbonyl (C=O) groups excluding carboxylic acids is 2. The van der Waals surface area contributed by atoms with E-state index < -0.39 is 36.1 Å². The summed E-state index contributed by atoms with van der Waals surface area (Å²) in [4.78, 5) is 23.6. The molecule has 0 aliphatic carbocycles. The Labute approximate surface area is 103 Å².